The van der Waals surface area contributed by atoms with Gasteiger partial charge in [-0.3, -0.25) is 4.90 Å². The molecular weight excluding hydrogens is 318 g/mol. The van der Waals surface area contributed by atoms with Crippen LogP contribution < -0.4 is 0 Å². The number of benzene rings is 3. The van der Waals surface area contributed by atoms with E-state index in [1.165, 1.54) is 12.8 Å². The molecular formula is C24H25NO. The summed E-state index contributed by atoms with van der Waals surface area (Å²) < 4.78 is 6.80. The third kappa shape index (κ3) is 3.31. The maximum atomic E-state index is 6.80. The number of nitrogens with zero attached hydrogens (tertiary/aromatic N) is 1. The van der Waals surface area contributed by atoms with Crippen molar-refractivity contribution in [2.75, 3.05) is 19.8 Å². The summed E-state index contributed by atoms with van der Waals surface area (Å²) >= 11 is 0. The smallest absolute Gasteiger partial charge is 0.145 e. The van der Waals surface area contributed by atoms with E-state index in [2.05, 4.69) is 95.9 Å². The molecule has 1 aliphatic rings. The van der Waals surface area contributed by atoms with Gasteiger partial charge in [-0.15, -0.1) is 0 Å². The first-order valence-electron chi connectivity index (χ1n) is 9.42. The van der Waals surface area contributed by atoms with Gasteiger partial charge in [-0.2, -0.15) is 0 Å². The molecule has 1 heterocycles. The van der Waals surface area contributed by atoms with Gasteiger partial charge in [-0.05, 0) is 29.5 Å². The molecule has 1 fully saturated rings. The molecule has 0 aliphatic carbocycles. The SMILES string of the molecule is c1ccc(C(OCN2CCCC2)(c2ccccc2)c2ccccc2)cc1. The molecule has 132 valence electrons. The fourth-order valence-electron chi connectivity index (χ4n) is 3.87. The third-order valence-electron chi connectivity index (χ3n) is 5.20. The van der Waals surface area contributed by atoms with Crippen molar-refractivity contribution >= 4 is 0 Å². The largest absolute Gasteiger partial charge is 0.345 e. The van der Waals surface area contributed by atoms with Crippen LogP contribution in [0.25, 0.3) is 0 Å². The molecule has 0 bridgehead atoms. The van der Waals surface area contributed by atoms with Crippen molar-refractivity contribution in [3.63, 3.8) is 0 Å². The van der Waals surface area contributed by atoms with Gasteiger partial charge >= 0.3 is 0 Å². The first-order valence-corrected chi connectivity index (χ1v) is 9.42. The van der Waals surface area contributed by atoms with E-state index in [1.807, 2.05) is 0 Å². The first kappa shape index (κ1) is 17.0. The van der Waals surface area contributed by atoms with E-state index >= 15 is 0 Å². The van der Waals surface area contributed by atoms with Crippen LogP contribution in [0.2, 0.25) is 0 Å². The fraction of sp³-hybridized carbons (Fsp3) is 0.250. The van der Waals surface area contributed by atoms with Gasteiger partial charge in [-0.25, -0.2) is 0 Å². The number of likely N-dealkylation sites (tertiary alicyclic amines) is 1. The second kappa shape index (κ2) is 7.86. The van der Waals surface area contributed by atoms with Crippen LogP contribution in [-0.4, -0.2) is 24.7 Å². The van der Waals surface area contributed by atoms with Gasteiger partial charge in [-0.1, -0.05) is 91.0 Å². The molecule has 3 aromatic carbocycles. The van der Waals surface area contributed by atoms with Crippen LogP contribution in [0.1, 0.15) is 29.5 Å². The molecule has 1 aliphatic heterocycles. The summed E-state index contributed by atoms with van der Waals surface area (Å²) in [6, 6.07) is 31.8. The van der Waals surface area contributed by atoms with E-state index in [-0.39, 0.29) is 0 Å². The average Bonchev–Trinajstić information content (AvgIpc) is 3.25. The monoisotopic (exact) mass is 343 g/mol. The second-order valence-electron chi connectivity index (χ2n) is 6.88. The van der Waals surface area contributed by atoms with Crippen LogP contribution in [0.3, 0.4) is 0 Å². The molecule has 0 amide bonds. The highest BCUT2D eigenvalue weighted by Crippen LogP contribution is 2.40. The van der Waals surface area contributed by atoms with Gasteiger partial charge in [0.2, 0.25) is 0 Å². The van der Waals surface area contributed by atoms with Gasteiger partial charge < -0.3 is 4.74 Å². The molecule has 4 rings (SSSR count). The molecule has 0 radical (unpaired) electrons. The van der Waals surface area contributed by atoms with Gasteiger partial charge in [0.15, 0.2) is 0 Å². The van der Waals surface area contributed by atoms with Crippen molar-refractivity contribution in [3.05, 3.63) is 108 Å². The Bertz CT molecular complexity index is 699. The quantitative estimate of drug-likeness (QED) is 0.581. The topological polar surface area (TPSA) is 12.5 Å². The maximum absolute atomic E-state index is 6.80. The predicted octanol–water partition coefficient (Wildman–Crippen LogP) is 5.05. The average molecular weight is 343 g/mol. The zero-order chi connectivity index (χ0) is 17.7. The summed E-state index contributed by atoms with van der Waals surface area (Å²) in [6.07, 6.45) is 2.52. The van der Waals surface area contributed by atoms with Crippen LogP contribution in [-0.2, 0) is 10.3 Å². The van der Waals surface area contributed by atoms with Crippen molar-refractivity contribution in [2.45, 2.75) is 18.4 Å². The molecule has 3 aromatic rings. The summed E-state index contributed by atoms with van der Waals surface area (Å²) in [6.45, 7) is 2.88. The van der Waals surface area contributed by atoms with Crippen LogP contribution in [0.5, 0.6) is 0 Å². The van der Waals surface area contributed by atoms with E-state index in [0.29, 0.717) is 6.73 Å². The van der Waals surface area contributed by atoms with Crippen LogP contribution in [0, 0.1) is 0 Å². The Kier molecular flexibility index (Phi) is 5.14. The van der Waals surface area contributed by atoms with E-state index in [0.717, 1.165) is 29.8 Å². The zero-order valence-corrected chi connectivity index (χ0v) is 15.1. The van der Waals surface area contributed by atoms with Gasteiger partial charge in [0, 0.05) is 13.1 Å². The Morgan fingerprint density at radius 1 is 0.615 bits per heavy atom. The number of ether oxygens (including phenoxy) is 1. The minimum atomic E-state index is -0.605. The molecule has 26 heavy (non-hydrogen) atoms. The molecule has 0 atom stereocenters. The summed E-state index contributed by atoms with van der Waals surface area (Å²) in [4.78, 5) is 2.41. The molecule has 0 unspecified atom stereocenters. The lowest BCUT2D eigenvalue weighted by atomic mass is 9.80. The van der Waals surface area contributed by atoms with Crippen molar-refractivity contribution < 1.29 is 4.74 Å². The molecule has 1 saturated heterocycles. The molecule has 2 nitrogen and oxygen atoms in total. The van der Waals surface area contributed by atoms with Crippen LogP contribution in [0.4, 0.5) is 0 Å². The Hall–Kier alpha value is -2.42. The van der Waals surface area contributed by atoms with Gasteiger partial charge in [0.25, 0.3) is 0 Å². The summed E-state index contributed by atoms with van der Waals surface area (Å²) in [5.74, 6) is 0. The lowest BCUT2D eigenvalue weighted by molar-refractivity contribution is -0.0455. The third-order valence-corrected chi connectivity index (χ3v) is 5.20. The summed E-state index contributed by atoms with van der Waals surface area (Å²) in [7, 11) is 0. The number of rotatable bonds is 6. The van der Waals surface area contributed by atoms with Crippen molar-refractivity contribution in [1.29, 1.82) is 0 Å². The van der Waals surface area contributed by atoms with E-state index in [1.54, 1.807) is 0 Å². The Balaban J connectivity index is 1.84. The standard InChI is InChI=1S/C24H25NO/c1-4-12-21(13-5-1)24(22-14-6-2-7-15-22,23-16-8-3-9-17-23)26-20-25-18-10-11-19-25/h1-9,12-17H,10-11,18-20H2. The molecule has 0 saturated carbocycles. The van der Waals surface area contributed by atoms with Crippen LogP contribution >= 0.6 is 0 Å². The lowest BCUT2D eigenvalue weighted by Crippen LogP contribution is -2.37. The van der Waals surface area contributed by atoms with Crippen LogP contribution in [0.15, 0.2) is 91.0 Å². The molecule has 2 heteroatoms. The Morgan fingerprint density at radius 2 is 1.00 bits per heavy atom. The minimum Gasteiger partial charge on any atom is -0.345 e. The van der Waals surface area contributed by atoms with Crippen molar-refractivity contribution in [1.82, 2.24) is 4.90 Å². The second-order valence-corrected chi connectivity index (χ2v) is 6.88. The first-order chi connectivity index (χ1) is 12.9. The molecule has 0 aromatic heterocycles. The molecule has 0 spiro atoms. The highest BCUT2D eigenvalue weighted by Gasteiger charge is 2.38. The lowest BCUT2D eigenvalue weighted by Gasteiger charge is -2.37. The zero-order valence-electron chi connectivity index (χ0n) is 15.1. The maximum Gasteiger partial charge on any atom is 0.145 e. The highest BCUT2D eigenvalue weighted by molar-refractivity contribution is 5.47. The van der Waals surface area contributed by atoms with Gasteiger partial charge in [0.05, 0.1) is 0 Å². The Morgan fingerprint density at radius 3 is 1.38 bits per heavy atom. The number of hydrogen-bond donors (Lipinski definition) is 0. The minimum absolute atomic E-state index is 0.605. The van der Waals surface area contributed by atoms with E-state index in [9.17, 15) is 0 Å². The van der Waals surface area contributed by atoms with Crippen molar-refractivity contribution in [3.8, 4) is 0 Å². The van der Waals surface area contributed by atoms with Crippen molar-refractivity contribution in [2.24, 2.45) is 0 Å². The normalized spacial score (nSPS) is 15.2. The van der Waals surface area contributed by atoms with Gasteiger partial charge in [0.1, 0.15) is 12.3 Å². The summed E-state index contributed by atoms with van der Waals surface area (Å²) in [5.41, 5.74) is 2.89. The molecule has 0 N–H and O–H groups in total. The van der Waals surface area contributed by atoms with E-state index < -0.39 is 5.60 Å². The highest BCUT2D eigenvalue weighted by atomic mass is 16.5. The fourth-order valence-corrected chi connectivity index (χ4v) is 3.87. The predicted molar refractivity (Wildman–Crippen MR) is 106 cm³/mol. The summed E-state index contributed by atoms with van der Waals surface area (Å²) in [5, 5.41) is 0. The van der Waals surface area contributed by atoms with E-state index in [4.69, 9.17) is 4.74 Å². The Labute approximate surface area is 156 Å². The number of hydrogen-bond acceptors (Lipinski definition) is 2.